The van der Waals surface area contributed by atoms with E-state index in [-0.39, 0.29) is 18.6 Å². The molecule has 1 saturated heterocycles. The SMILES string of the molecule is Cc1ccc(N2CCN(C)C(CCO)C2=O)cc1. The lowest BCUT2D eigenvalue weighted by Gasteiger charge is -2.38. The van der Waals surface area contributed by atoms with Crippen LogP contribution in [-0.4, -0.2) is 48.7 Å². The van der Waals surface area contributed by atoms with E-state index in [1.54, 1.807) is 0 Å². The number of likely N-dealkylation sites (N-methyl/N-ethyl adjacent to an activating group) is 1. The van der Waals surface area contributed by atoms with Crippen LogP contribution in [0.3, 0.4) is 0 Å². The first-order valence-corrected chi connectivity index (χ1v) is 6.32. The lowest BCUT2D eigenvalue weighted by Crippen LogP contribution is -2.56. The number of hydrogen-bond acceptors (Lipinski definition) is 3. The number of nitrogens with zero attached hydrogens (tertiary/aromatic N) is 2. The molecule has 0 spiro atoms. The van der Waals surface area contributed by atoms with Gasteiger partial charge >= 0.3 is 0 Å². The Labute approximate surface area is 108 Å². The first-order valence-electron chi connectivity index (χ1n) is 6.32. The van der Waals surface area contributed by atoms with Crippen LogP contribution in [0, 0.1) is 6.92 Å². The third-order valence-corrected chi connectivity index (χ3v) is 3.51. The van der Waals surface area contributed by atoms with E-state index in [0.29, 0.717) is 13.0 Å². The average molecular weight is 248 g/mol. The Balaban J connectivity index is 2.18. The van der Waals surface area contributed by atoms with Crippen LogP contribution in [0.25, 0.3) is 0 Å². The number of carbonyl (C=O) groups is 1. The summed E-state index contributed by atoms with van der Waals surface area (Å²) in [5, 5.41) is 9.05. The standard InChI is InChI=1S/C14H20N2O2/c1-11-3-5-12(6-4-11)16-9-8-15(2)13(7-10-17)14(16)18/h3-6,13,17H,7-10H2,1-2H3. The minimum absolute atomic E-state index is 0.0441. The second-order valence-corrected chi connectivity index (χ2v) is 4.83. The van der Waals surface area contributed by atoms with Crippen molar-refractivity contribution in [2.24, 2.45) is 0 Å². The van der Waals surface area contributed by atoms with Gasteiger partial charge in [0.15, 0.2) is 0 Å². The molecule has 1 aliphatic rings. The number of rotatable bonds is 3. The van der Waals surface area contributed by atoms with Crippen molar-refractivity contribution in [3.63, 3.8) is 0 Å². The van der Waals surface area contributed by atoms with Gasteiger partial charge in [-0.3, -0.25) is 9.69 Å². The third kappa shape index (κ3) is 2.54. The molecule has 1 amide bonds. The molecule has 98 valence electrons. The van der Waals surface area contributed by atoms with Crippen molar-refractivity contribution < 1.29 is 9.90 Å². The van der Waals surface area contributed by atoms with Gasteiger partial charge in [-0.25, -0.2) is 0 Å². The Hall–Kier alpha value is -1.39. The summed E-state index contributed by atoms with van der Waals surface area (Å²) in [6.07, 6.45) is 0.498. The molecular weight excluding hydrogens is 228 g/mol. The van der Waals surface area contributed by atoms with E-state index in [4.69, 9.17) is 5.11 Å². The van der Waals surface area contributed by atoms with Crippen molar-refractivity contribution in [3.8, 4) is 0 Å². The molecule has 18 heavy (non-hydrogen) atoms. The molecule has 0 radical (unpaired) electrons. The zero-order valence-electron chi connectivity index (χ0n) is 11.0. The number of piperazine rings is 1. The zero-order chi connectivity index (χ0) is 13.1. The number of amides is 1. The van der Waals surface area contributed by atoms with Gasteiger partial charge < -0.3 is 10.0 Å². The Morgan fingerprint density at radius 2 is 1.94 bits per heavy atom. The fraction of sp³-hybridized carbons (Fsp3) is 0.500. The van der Waals surface area contributed by atoms with Gasteiger partial charge in [0.2, 0.25) is 5.91 Å². The van der Waals surface area contributed by atoms with E-state index < -0.39 is 0 Å². The Kier molecular flexibility index (Phi) is 3.99. The summed E-state index contributed by atoms with van der Waals surface area (Å²) < 4.78 is 0. The molecular formula is C14H20N2O2. The molecule has 1 N–H and O–H groups in total. The number of aliphatic hydroxyl groups excluding tert-OH is 1. The highest BCUT2D eigenvalue weighted by Gasteiger charge is 2.32. The van der Waals surface area contributed by atoms with Gasteiger partial charge in [-0.05, 0) is 32.5 Å². The molecule has 1 aliphatic heterocycles. The van der Waals surface area contributed by atoms with Crippen LogP contribution in [0.5, 0.6) is 0 Å². The van der Waals surface area contributed by atoms with Crippen molar-refractivity contribution in [1.29, 1.82) is 0 Å². The maximum absolute atomic E-state index is 12.4. The van der Waals surface area contributed by atoms with Gasteiger partial charge in [0, 0.05) is 25.4 Å². The largest absolute Gasteiger partial charge is 0.396 e. The molecule has 1 atom stereocenters. The summed E-state index contributed by atoms with van der Waals surface area (Å²) in [4.78, 5) is 16.2. The van der Waals surface area contributed by atoms with Crippen LogP contribution in [-0.2, 0) is 4.79 Å². The molecule has 0 saturated carbocycles. The zero-order valence-corrected chi connectivity index (χ0v) is 11.0. The first kappa shape index (κ1) is 13.1. The maximum atomic E-state index is 12.4. The van der Waals surface area contributed by atoms with Crippen molar-refractivity contribution in [2.75, 3.05) is 31.6 Å². The quantitative estimate of drug-likeness (QED) is 0.868. The van der Waals surface area contributed by atoms with Gasteiger partial charge in [0.1, 0.15) is 0 Å². The second kappa shape index (κ2) is 5.50. The number of anilines is 1. The molecule has 1 aromatic rings. The summed E-state index contributed by atoms with van der Waals surface area (Å²) in [6, 6.07) is 7.79. The van der Waals surface area contributed by atoms with E-state index in [2.05, 4.69) is 0 Å². The first-order chi connectivity index (χ1) is 8.63. The molecule has 4 heteroatoms. The molecule has 0 aromatic heterocycles. The van der Waals surface area contributed by atoms with Crippen LogP contribution < -0.4 is 4.90 Å². The maximum Gasteiger partial charge on any atom is 0.244 e. The van der Waals surface area contributed by atoms with Crippen LogP contribution in [0.4, 0.5) is 5.69 Å². The van der Waals surface area contributed by atoms with Gasteiger partial charge in [0.05, 0.1) is 6.04 Å². The second-order valence-electron chi connectivity index (χ2n) is 4.83. The number of aliphatic hydroxyl groups is 1. The molecule has 4 nitrogen and oxygen atoms in total. The Morgan fingerprint density at radius 1 is 1.28 bits per heavy atom. The molecule has 0 aliphatic carbocycles. The van der Waals surface area contributed by atoms with Crippen LogP contribution in [0.2, 0.25) is 0 Å². The molecule has 1 unspecified atom stereocenters. The summed E-state index contributed by atoms with van der Waals surface area (Å²) in [5.74, 6) is 0.0849. The van der Waals surface area contributed by atoms with Crippen molar-refractivity contribution in [3.05, 3.63) is 29.8 Å². The molecule has 1 heterocycles. The smallest absolute Gasteiger partial charge is 0.244 e. The van der Waals surface area contributed by atoms with Gasteiger partial charge in [-0.15, -0.1) is 0 Å². The van der Waals surface area contributed by atoms with Crippen LogP contribution in [0.15, 0.2) is 24.3 Å². The molecule has 1 fully saturated rings. The Bertz CT molecular complexity index is 416. The van der Waals surface area contributed by atoms with E-state index in [0.717, 1.165) is 12.2 Å². The lowest BCUT2D eigenvalue weighted by atomic mass is 10.1. The number of hydrogen-bond donors (Lipinski definition) is 1. The number of benzene rings is 1. The normalized spacial score (nSPS) is 21.4. The van der Waals surface area contributed by atoms with E-state index in [1.165, 1.54) is 5.56 Å². The summed E-state index contributed by atoms with van der Waals surface area (Å²) >= 11 is 0. The predicted octanol–water partition coefficient (Wildman–Crippen LogP) is 1.02. The predicted molar refractivity (Wildman–Crippen MR) is 71.7 cm³/mol. The number of carbonyl (C=O) groups excluding carboxylic acids is 1. The average Bonchev–Trinajstić information content (AvgIpc) is 2.36. The van der Waals surface area contributed by atoms with E-state index >= 15 is 0 Å². The topological polar surface area (TPSA) is 43.8 Å². The van der Waals surface area contributed by atoms with Gasteiger partial charge in [-0.1, -0.05) is 17.7 Å². The summed E-state index contributed by atoms with van der Waals surface area (Å²) in [7, 11) is 1.94. The third-order valence-electron chi connectivity index (χ3n) is 3.51. The fourth-order valence-electron chi connectivity index (χ4n) is 2.34. The Morgan fingerprint density at radius 3 is 2.56 bits per heavy atom. The van der Waals surface area contributed by atoms with Crippen molar-refractivity contribution >= 4 is 11.6 Å². The van der Waals surface area contributed by atoms with E-state index in [1.807, 2.05) is 48.0 Å². The van der Waals surface area contributed by atoms with Crippen LogP contribution >= 0.6 is 0 Å². The lowest BCUT2D eigenvalue weighted by molar-refractivity contribution is -0.125. The molecule has 0 bridgehead atoms. The minimum Gasteiger partial charge on any atom is -0.396 e. The van der Waals surface area contributed by atoms with Crippen molar-refractivity contribution in [1.82, 2.24) is 4.90 Å². The minimum atomic E-state index is -0.204. The highest BCUT2D eigenvalue weighted by atomic mass is 16.3. The van der Waals surface area contributed by atoms with E-state index in [9.17, 15) is 4.79 Å². The fourth-order valence-corrected chi connectivity index (χ4v) is 2.34. The summed E-state index contributed by atoms with van der Waals surface area (Å²) in [5.41, 5.74) is 2.13. The number of aryl methyl sites for hydroxylation is 1. The van der Waals surface area contributed by atoms with Gasteiger partial charge in [0.25, 0.3) is 0 Å². The highest BCUT2D eigenvalue weighted by Crippen LogP contribution is 2.21. The van der Waals surface area contributed by atoms with Gasteiger partial charge in [-0.2, -0.15) is 0 Å². The molecule has 2 rings (SSSR count). The van der Waals surface area contributed by atoms with Crippen molar-refractivity contribution in [2.45, 2.75) is 19.4 Å². The monoisotopic (exact) mass is 248 g/mol. The van der Waals surface area contributed by atoms with Crippen LogP contribution in [0.1, 0.15) is 12.0 Å². The summed E-state index contributed by atoms with van der Waals surface area (Å²) in [6.45, 7) is 3.62. The molecule has 1 aromatic carbocycles. The highest BCUT2D eigenvalue weighted by molar-refractivity contribution is 5.97.